The number of nitrogens with one attached hydrogen (secondary N) is 1. The number of para-hydroxylation sites is 1. The Morgan fingerprint density at radius 1 is 1.25 bits per heavy atom. The van der Waals surface area contributed by atoms with E-state index in [9.17, 15) is 14.4 Å². The van der Waals surface area contributed by atoms with Crippen LogP contribution in [0.5, 0.6) is 0 Å². The van der Waals surface area contributed by atoms with E-state index in [-0.39, 0.29) is 18.6 Å². The Balaban J connectivity index is 2.72. The number of hydroxylamine groups is 1. The minimum atomic E-state index is -0.512. The summed E-state index contributed by atoms with van der Waals surface area (Å²) >= 11 is 0. The molecule has 7 nitrogen and oxygen atoms in total. The molecule has 0 aliphatic rings. The van der Waals surface area contributed by atoms with Crippen LogP contribution in [-0.4, -0.2) is 22.2 Å². The molecule has 2 rings (SSSR count). The van der Waals surface area contributed by atoms with Crippen molar-refractivity contribution in [1.82, 2.24) is 14.6 Å². The summed E-state index contributed by atoms with van der Waals surface area (Å²) in [5, 5.41) is 0.402. The average Bonchev–Trinajstić information content (AvgIpc) is 2.44. The first-order valence-electron chi connectivity index (χ1n) is 6.14. The van der Waals surface area contributed by atoms with Crippen molar-refractivity contribution < 1.29 is 9.63 Å². The highest BCUT2D eigenvalue weighted by Crippen LogP contribution is 2.07. The highest BCUT2D eigenvalue weighted by molar-refractivity contribution is 5.81. The molecular formula is C13H15N3O4. The van der Waals surface area contributed by atoms with Gasteiger partial charge >= 0.3 is 5.69 Å². The molecule has 0 fully saturated rings. The highest BCUT2D eigenvalue weighted by Gasteiger charge is 2.13. The number of benzene rings is 1. The molecule has 7 heteroatoms. The summed E-state index contributed by atoms with van der Waals surface area (Å²) < 4.78 is 2.36. The number of rotatable bonds is 4. The Hall–Kier alpha value is -2.41. The molecule has 1 aromatic carbocycles. The predicted molar refractivity (Wildman–Crippen MR) is 73.3 cm³/mol. The van der Waals surface area contributed by atoms with Gasteiger partial charge in [-0.1, -0.05) is 12.1 Å². The first kappa shape index (κ1) is 14.0. The van der Waals surface area contributed by atoms with Crippen LogP contribution in [0, 0.1) is 0 Å². The SMILES string of the molecule is CCn1c(=O)c2ccccc2n(CC(=O)NOC)c1=O. The van der Waals surface area contributed by atoms with E-state index >= 15 is 0 Å². The Bertz CT molecular complexity index is 760. The van der Waals surface area contributed by atoms with E-state index in [0.717, 1.165) is 4.57 Å². The molecule has 0 spiro atoms. The Morgan fingerprint density at radius 3 is 2.60 bits per heavy atom. The monoisotopic (exact) mass is 277 g/mol. The van der Waals surface area contributed by atoms with Crippen LogP contribution < -0.4 is 16.7 Å². The third-order valence-electron chi connectivity index (χ3n) is 2.97. The topological polar surface area (TPSA) is 82.3 Å². The Labute approximate surface area is 114 Å². The Kier molecular flexibility index (Phi) is 3.99. The maximum Gasteiger partial charge on any atom is 0.331 e. The second-order valence-corrected chi connectivity index (χ2v) is 4.16. The van der Waals surface area contributed by atoms with Crippen LogP contribution in [0.3, 0.4) is 0 Å². The lowest BCUT2D eigenvalue weighted by atomic mass is 10.2. The van der Waals surface area contributed by atoms with Gasteiger partial charge in [-0.3, -0.25) is 23.6 Å². The maximum atomic E-state index is 12.3. The highest BCUT2D eigenvalue weighted by atomic mass is 16.6. The van der Waals surface area contributed by atoms with Gasteiger partial charge in [0.25, 0.3) is 11.5 Å². The number of nitrogens with zero attached hydrogens (tertiary/aromatic N) is 2. The third-order valence-corrected chi connectivity index (χ3v) is 2.97. The van der Waals surface area contributed by atoms with Crippen LogP contribution in [0.2, 0.25) is 0 Å². The molecule has 0 saturated heterocycles. The fourth-order valence-electron chi connectivity index (χ4n) is 2.09. The molecule has 0 aliphatic heterocycles. The molecule has 1 amide bonds. The molecule has 0 saturated carbocycles. The minimum Gasteiger partial charge on any atom is -0.284 e. The first-order chi connectivity index (χ1) is 9.60. The van der Waals surface area contributed by atoms with Gasteiger partial charge in [0.15, 0.2) is 0 Å². The number of carbonyl (C=O) groups is 1. The van der Waals surface area contributed by atoms with Crippen LogP contribution in [0.25, 0.3) is 10.9 Å². The van der Waals surface area contributed by atoms with Gasteiger partial charge in [-0.05, 0) is 19.1 Å². The van der Waals surface area contributed by atoms with E-state index < -0.39 is 11.6 Å². The van der Waals surface area contributed by atoms with Gasteiger partial charge < -0.3 is 0 Å². The van der Waals surface area contributed by atoms with Crippen molar-refractivity contribution in [3.8, 4) is 0 Å². The van der Waals surface area contributed by atoms with Gasteiger partial charge in [0, 0.05) is 6.54 Å². The Morgan fingerprint density at radius 2 is 1.95 bits per heavy atom. The van der Waals surface area contributed by atoms with Gasteiger partial charge in [0.1, 0.15) is 6.54 Å². The summed E-state index contributed by atoms with van der Waals surface area (Å²) in [7, 11) is 1.31. The van der Waals surface area contributed by atoms with Crippen molar-refractivity contribution in [3.63, 3.8) is 0 Å². The lowest BCUT2D eigenvalue weighted by molar-refractivity contribution is -0.131. The molecule has 0 aliphatic carbocycles. The lowest BCUT2D eigenvalue weighted by Crippen LogP contribution is -2.42. The van der Waals surface area contributed by atoms with Gasteiger partial charge in [-0.25, -0.2) is 10.3 Å². The first-order valence-corrected chi connectivity index (χ1v) is 6.14. The molecule has 1 heterocycles. The molecule has 1 N–H and O–H groups in total. The summed E-state index contributed by atoms with van der Waals surface area (Å²) in [6.07, 6.45) is 0. The van der Waals surface area contributed by atoms with Crippen molar-refractivity contribution in [2.75, 3.05) is 7.11 Å². The summed E-state index contributed by atoms with van der Waals surface area (Å²) in [6.45, 7) is 1.74. The summed E-state index contributed by atoms with van der Waals surface area (Å²) in [5.74, 6) is -0.471. The predicted octanol–water partition coefficient (Wildman–Crippen LogP) is -0.139. The minimum absolute atomic E-state index is 0.215. The molecule has 0 radical (unpaired) electrons. The van der Waals surface area contributed by atoms with Gasteiger partial charge in [-0.2, -0.15) is 0 Å². The number of aromatic nitrogens is 2. The van der Waals surface area contributed by atoms with Gasteiger partial charge in [0.2, 0.25) is 0 Å². The molecule has 0 unspecified atom stereocenters. The van der Waals surface area contributed by atoms with Gasteiger partial charge in [0.05, 0.1) is 18.0 Å². The number of hydrogen-bond donors (Lipinski definition) is 1. The number of fused-ring (bicyclic) bond motifs is 1. The van der Waals surface area contributed by atoms with Crippen molar-refractivity contribution in [2.45, 2.75) is 20.0 Å². The van der Waals surface area contributed by atoms with Crippen molar-refractivity contribution in [3.05, 3.63) is 45.1 Å². The quantitative estimate of drug-likeness (QED) is 0.789. The molecule has 1 aromatic heterocycles. The normalized spacial score (nSPS) is 10.7. The standard InChI is InChI=1S/C13H15N3O4/c1-3-15-12(18)9-6-4-5-7-10(9)16(13(15)19)8-11(17)14-20-2/h4-7H,3,8H2,1-2H3,(H,14,17). The summed E-state index contributed by atoms with van der Waals surface area (Å²) in [5.41, 5.74) is 1.72. The number of hydrogen-bond acceptors (Lipinski definition) is 4. The lowest BCUT2D eigenvalue weighted by Gasteiger charge is -2.12. The van der Waals surface area contributed by atoms with Crippen molar-refractivity contribution in [1.29, 1.82) is 0 Å². The van der Waals surface area contributed by atoms with E-state index in [1.54, 1.807) is 31.2 Å². The second kappa shape index (κ2) is 5.70. The molecule has 2 aromatic rings. The fourth-order valence-corrected chi connectivity index (χ4v) is 2.09. The van der Waals surface area contributed by atoms with E-state index in [4.69, 9.17) is 0 Å². The summed E-state index contributed by atoms with van der Waals surface area (Å²) in [4.78, 5) is 40.6. The third kappa shape index (κ3) is 2.35. The van der Waals surface area contributed by atoms with E-state index in [2.05, 4.69) is 10.3 Å². The van der Waals surface area contributed by atoms with Crippen LogP contribution in [0.1, 0.15) is 6.92 Å². The smallest absolute Gasteiger partial charge is 0.284 e. The summed E-state index contributed by atoms with van der Waals surface area (Å²) in [6, 6.07) is 6.70. The molecular weight excluding hydrogens is 262 g/mol. The molecule has 20 heavy (non-hydrogen) atoms. The van der Waals surface area contributed by atoms with Gasteiger partial charge in [-0.15, -0.1) is 0 Å². The van der Waals surface area contributed by atoms with Crippen molar-refractivity contribution in [2.24, 2.45) is 0 Å². The fraction of sp³-hybridized carbons (Fsp3) is 0.308. The largest absolute Gasteiger partial charge is 0.331 e. The van der Waals surface area contributed by atoms with Crippen LogP contribution >= 0.6 is 0 Å². The molecule has 0 atom stereocenters. The average molecular weight is 277 g/mol. The zero-order valence-corrected chi connectivity index (χ0v) is 11.3. The van der Waals surface area contributed by atoms with E-state index in [1.807, 2.05) is 0 Å². The van der Waals surface area contributed by atoms with E-state index in [0.29, 0.717) is 10.9 Å². The van der Waals surface area contributed by atoms with Crippen LogP contribution in [0.4, 0.5) is 0 Å². The number of amides is 1. The van der Waals surface area contributed by atoms with Crippen molar-refractivity contribution >= 4 is 16.8 Å². The van der Waals surface area contributed by atoms with E-state index in [1.165, 1.54) is 11.7 Å². The second-order valence-electron chi connectivity index (χ2n) is 4.16. The molecule has 0 bridgehead atoms. The molecule has 106 valence electrons. The van der Waals surface area contributed by atoms with Crippen LogP contribution in [-0.2, 0) is 22.7 Å². The maximum absolute atomic E-state index is 12.3. The zero-order chi connectivity index (χ0) is 14.7. The van der Waals surface area contributed by atoms with Crippen LogP contribution in [0.15, 0.2) is 33.9 Å². The number of carbonyl (C=O) groups excluding carboxylic acids is 1. The zero-order valence-electron chi connectivity index (χ0n) is 11.3.